The minimum absolute atomic E-state index is 0.0658. The third kappa shape index (κ3) is 4.30. The number of anilines is 1. The number of aromatic nitrogens is 2. The zero-order chi connectivity index (χ0) is 21.3. The molecule has 30 heavy (non-hydrogen) atoms. The molecule has 1 amide bonds. The standard InChI is InChI=1S/C22H26N4O3S/c1-14-4-6-17(7-5-14)23-19(27)13-26-18(12-25-8-10-29-11-9-25)24-21-20(22(26)28)15(2)16(3)30-21/h4-7H,8-13H2,1-3H3,(H,23,27). The van der Waals surface area contributed by atoms with Crippen LogP contribution in [0.3, 0.4) is 0 Å². The summed E-state index contributed by atoms with van der Waals surface area (Å²) in [7, 11) is 0. The Bertz CT molecular complexity index is 1130. The third-order valence-electron chi connectivity index (χ3n) is 5.47. The Labute approximate surface area is 179 Å². The van der Waals surface area contributed by atoms with Gasteiger partial charge in [-0.15, -0.1) is 11.3 Å². The number of aryl methyl sites for hydroxylation is 3. The SMILES string of the molecule is Cc1ccc(NC(=O)Cn2c(CN3CCOCC3)nc3sc(C)c(C)c3c2=O)cc1. The lowest BCUT2D eigenvalue weighted by Gasteiger charge is -2.27. The molecule has 1 aliphatic rings. The molecule has 3 heterocycles. The molecule has 8 heteroatoms. The second kappa shape index (κ2) is 8.67. The quantitative estimate of drug-likeness (QED) is 0.679. The van der Waals surface area contributed by atoms with Crippen molar-refractivity contribution >= 4 is 33.1 Å². The molecule has 1 N–H and O–H groups in total. The van der Waals surface area contributed by atoms with E-state index in [1.54, 1.807) is 0 Å². The number of thiophene rings is 1. The number of hydrogen-bond acceptors (Lipinski definition) is 6. The molecule has 158 valence electrons. The Morgan fingerprint density at radius 1 is 1.17 bits per heavy atom. The van der Waals surface area contributed by atoms with E-state index < -0.39 is 0 Å². The first kappa shape index (κ1) is 20.7. The van der Waals surface area contributed by atoms with Gasteiger partial charge in [0.05, 0.1) is 25.1 Å². The van der Waals surface area contributed by atoms with E-state index in [4.69, 9.17) is 9.72 Å². The highest BCUT2D eigenvalue weighted by Crippen LogP contribution is 2.26. The van der Waals surface area contributed by atoms with Crippen molar-refractivity contribution in [3.05, 3.63) is 56.4 Å². The molecule has 0 unspecified atom stereocenters. The lowest BCUT2D eigenvalue weighted by Crippen LogP contribution is -2.39. The van der Waals surface area contributed by atoms with Crippen LogP contribution in [0.2, 0.25) is 0 Å². The summed E-state index contributed by atoms with van der Waals surface area (Å²) in [5, 5.41) is 3.50. The fourth-order valence-electron chi connectivity index (χ4n) is 3.59. The number of amides is 1. The number of benzene rings is 1. The summed E-state index contributed by atoms with van der Waals surface area (Å²) in [5.41, 5.74) is 2.63. The first-order valence-corrected chi connectivity index (χ1v) is 10.9. The molecule has 0 atom stereocenters. The predicted octanol–water partition coefficient (Wildman–Crippen LogP) is 2.85. The van der Waals surface area contributed by atoms with Crippen LogP contribution in [0.5, 0.6) is 0 Å². The Morgan fingerprint density at radius 2 is 1.87 bits per heavy atom. The fraction of sp³-hybridized carbons (Fsp3) is 0.409. The number of morpholine rings is 1. The van der Waals surface area contributed by atoms with E-state index in [1.165, 1.54) is 15.9 Å². The molecule has 1 saturated heterocycles. The fourth-order valence-corrected chi connectivity index (χ4v) is 4.63. The van der Waals surface area contributed by atoms with Gasteiger partial charge in [0.25, 0.3) is 5.56 Å². The van der Waals surface area contributed by atoms with E-state index in [-0.39, 0.29) is 18.0 Å². The van der Waals surface area contributed by atoms with E-state index in [1.807, 2.05) is 45.0 Å². The van der Waals surface area contributed by atoms with Gasteiger partial charge in [-0.3, -0.25) is 19.1 Å². The molecule has 0 bridgehead atoms. The maximum Gasteiger partial charge on any atom is 0.263 e. The highest BCUT2D eigenvalue weighted by molar-refractivity contribution is 7.18. The molecular weight excluding hydrogens is 400 g/mol. The average molecular weight is 427 g/mol. The summed E-state index contributed by atoms with van der Waals surface area (Å²) in [6, 6.07) is 7.60. The molecule has 2 aromatic heterocycles. The van der Waals surface area contributed by atoms with Crippen molar-refractivity contribution in [2.24, 2.45) is 0 Å². The van der Waals surface area contributed by atoms with Crippen molar-refractivity contribution in [2.75, 3.05) is 31.6 Å². The number of nitrogens with zero attached hydrogens (tertiary/aromatic N) is 3. The molecule has 3 aromatic rings. The highest BCUT2D eigenvalue weighted by Gasteiger charge is 2.21. The minimum atomic E-state index is -0.241. The first-order chi connectivity index (χ1) is 14.4. The average Bonchev–Trinajstić information content (AvgIpc) is 3.01. The molecule has 1 aromatic carbocycles. The van der Waals surface area contributed by atoms with Gasteiger partial charge in [-0.25, -0.2) is 4.98 Å². The third-order valence-corrected chi connectivity index (χ3v) is 6.57. The van der Waals surface area contributed by atoms with Crippen LogP contribution in [0.4, 0.5) is 5.69 Å². The van der Waals surface area contributed by atoms with Crippen molar-refractivity contribution in [1.82, 2.24) is 14.5 Å². The highest BCUT2D eigenvalue weighted by atomic mass is 32.1. The summed E-state index contributed by atoms with van der Waals surface area (Å²) < 4.78 is 6.96. The van der Waals surface area contributed by atoms with E-state index >= 15 is 0 Å². The zero-order valence-electron chi connectivity index (χ0n) is 17.5. The van der Waals surface area contributed by atoms with Gasteiger partial charge in [0.2, 0.25) is 5.91 Å². The first-order valence-electron chi connectivity index (χ1n) is 10.1. The van der Waals surface area contributed by atoms with Crippen LogP contribution in [0.1, 0.15) is 21.8 Å². The van der Waals surface area contributed by atoms with Gasteiger partial charge in [-0.05, 0) is 38.5 Å². The molecule has 7 nitrogen and oxygen atoms in total. The molecule has 1 aliphatic heterocycles. The molecule has 1 fully saturated rings. The van der Waals surface area contributed by atoms with Gasteiger partial charge >= 0.3 is 0 Å². The number of nitrogens with one attached hydrogen (secondary N) is 1. The second-order valence-corrected chi connectivity index (χ2v) is 8.89. The van der Waals surface area contributed by atoms with Crippen molar-refractivity contribution < 1.29 is 9.53 Å². The van der Waals surface area contributed by atoms with Gasteiger partial charge in [0.1, 0.15) is 17.2 Å². The Balaban J connectivity index is 1.67. The number of fused-ring (bicyclic) bond motifs is 1. The monoisotopic (exact) mass is 426 g/mol. The number of carbonyl (C=O) groups excluding carboxylic acids is 1. The Kier molecular flexibility index (Phi) is 5.99. The maximum absolute atomic E-state index is 13.4. The topological polar surface area (TPSA) is 76.5 Å². The van der Waals surface area contributed by atoms with E-state index in [0.29, 0.717) is 36.7 Å². The van der Waals surface area contributed by atoms with Crippen LogP contribution in [-0.2, 0) is 22.6 Å². The molecule has 0 spiro atoms. The maximum atomic E-state index is 13.4. The predicted molar refractivity (Wildman–Crippen MR) is 119 cm³/mol. The minimum Gasteiger partial charge on any atom is -0.379 e. The zero-order valence-corrected chi connectivity index (χ0v) is 18.3. The van der Waals surface area contributed by atoms with Crippen molar-refractivity contribution in [3.8, 4) is 0 Å². The summed E-state index contributed by atoms with van der Waals surface area (Å²) in [4.78, 5) is 35.0. The molecular formula is C22H26N4O3S. The number of ether oxygens (including phenoxy) is 1. The van der Waals surface area contributed by atoms with Crippen LogP contribution >= 0.6 is 11.3 Å². The van der Waals surface area contributed by atoms with Crippen LogP contribution in [-0.4, -0.2) is 46.7 Å². The van der Waals surface area contributed by atoms with Crippen LogP contribution in [0.25, 0.3) is 10.2 Å². The van der Waals surface area contributed by atoms with Crippen LogP contribution in [0.15, 0.2) is 29.1 Å². The van der Waals surface area contributed by atoms with Gasteiger partial charge in [0.15, 0.2) is 0 Å². The van der Waals surface area contributed by atoms with Crippen LogP contribution < -0.4 is 10.9 Å². The summed E-state index contributed by atoms with van der Waals surface area (Å²) >= 11 is 1.53. The second-order valence-electron chi connectivity index (χ2n) is 7.69. The van der Waals surface area contributed by atoms with Gasteiger partial charge in [0, 0.05) is 23.7 Å². The Hall–Kier alpha value is -2.55. The largest absolute Gasteiger partial charge is 0.379 e. The Morgan fingerprint density at radius 3 is 2.57 bits per heavy atom. The number of hydrogen-bond donors (Lipinski definition) is 1. The van der Waals surface area contributed by atoms with Crippen molar-refractivity contribution in [3.63, 3.8) is 0 Å². The van der Waals surface area contributed by atoms with Crippen molar-refractivity contribution in [1.29, 1.82) is 0 Å². The van der Waals surface area contributed by atoms with Crippen LogP contribution in [0, 0.1) is 20.8 Å². The number of rotatable bonds is 5. The normalized spacial score (nSPS) is 14.9. The van der Waals surface area contributed by atoms with E-state index in [9.17, 15) is 9.59 Å². The van der Waals surface area contributed by atoms with Gasteiger partial charge in [-0.1, -0.05) is 17.7 Å². The summed E-state index contributed by atoms with van der Waals surface area (Å²) in [5.74, 6) is 0.379. The number of carbonyl (C=O) groups is 1. The van der Waals surface area contributed by atoms with Crippen molar-refractivity contribution in [2.45, 2.75) is 33.9 Å². The molecule has 4 rings (SSSR count). The smallest absolute Gasteiger partial charge is 0.263 e. The lowest BCUT2D eigenvalue weighted by molar-refractivity contribution is -0.116. The molecule has 0 saturated carbocycles. The molecule has 0 radical (unpaired) electrons. The summed E-state index contributed by atoms with van der Waals surface area (Å²) in [6.07, 6.45) is 0. The van der Waals surface area contributed by atoms with E-state index in [0.717, 1.165) is 33.9 Å². The van der Waals surface area contributed by atoms with Gasteiger partial charge < -0.3 is 10.1 Å². The van der Waals surface area contributed by atoms with Gasteiger partial charge in [-0.2, -0.15) is 0 Å². The van der Waals surface area contributed by atoms with E-state index in [2.05, 4.69) is 10.2 Å². The summed E-state index contributed by atoms with van der Waals surface area (Å²) in [6.45, 7) is 9.28. The lowest BCUT2D eigenvalue weighted by atomic mass is 10.2. The molecule has 0 aliphatic carbocycles.